The van der Waals surface area contributed by atoms with Crippen LogP contribution in [0.1, 0.15) is 5.56 Å². The number of nitrogens with one attached hydrogen (secondary N) is 2. The van der Waals surface area contributed by atoms with Crippen LogP contribution in [-0.4, -0.2) is 25.0 Å². The van der Waals surface area contributed by atoms with Crippen LogP contribution in [0.4, 0.5) is 0 Å². The van der Waals surface area contributed by atoms with Crippen LogP contribution in [0.2, 0.25) is 0 Å². The Hall–Kier alpha value is -2.89. The number of rotatable bonds is 2. The fourth-order valence-corrected chi connectivity index (χ4v) is 1.95. The molecule has 0 aliphatic rings. The molecule has 3 N–H and O–H groups in total. The number of aromatic amines is 2. The molecule has 0 amide bonds. The molecule has 0 saturated heterocycles. The van der Waals surface area contributed by atoms with Crippen LogP contribution < -0.4 is 5.56 Å². The van der Waals surface area contributed by atoms with Crippen molar-refractivity contribution in [2.75, 3.05) is 0 Å². The molecule has 3 aromatic rings. The lowest BCUT2D eigenvalue weighted by Gasteiger charge is -2.05. The molecular formula is C14H12N4O2. The van der Waals surface area contributed by atoms with Crippen molar-refractivity contribution in [3.63, 3.8) is 0 Å². The molecule has 20 heavy (non-hydrogen) atoms. The number of nitrogens with zero attached hydrogens (tertiary/aromatic N) is 2. The second kappa shape index (κ2) is 4.65. The first-order valence-electron chi connectivity index (χ1n) is 6.05. The van der Waals surface area contributed by atoms with Gasteiger partial charge < -0.3 is 15.1 Å². The van der Waals surface area contributed by atoms with Crippen LogP contribution in [0, 0.1) is 6.92 Å². The van der Waals surface area contributed by atoms with Crippen molar-refractivity contribution < 1.29 is 5.11 Å². The topological polar surface area (TPSA) is 94.7 Å². The standard InChI is InChI=1S/C14H12N4O2/c1-8-2-4-9(5-3-8)10-13(19)17-12(18-14(10)20)11-15-6-7-16-11/h2-7H,1H3,(H,15,16)(H2,17,18,19,20). The minimum Gasteiger partial charge on any atom is -0.493 e. The van der Waals surface area contributed by atoms with Crippen LogP contribution in [0.3, 0.4) is 0 Å². The summed E-state index contributed by atoms with van der Waals surface area (Å²) in [6.45, 7) is 1.95. The molecule has 0 bridgehead atoms. The van der Waals surface area contributed by atoms with Crippen molar-refractivity contribution >= 4 is 0 Å². The molecule has 0 radical (unpaired) electrons. The van der Waals surface area contributed by atoms with Crippen molar-refractivity contribution in [1.29, 1.82) is 0 Å². The van der Waals surface area contributed by atoms with Crippen LogP contribution in [0.25, 0.3) is 22.8 Å². The minimum absolute atomic E-state index is 0.153. The molecule has 2 heterocycles. The maximum absolute atomic E-state index is 12.1. The van der Waals surface area contributed by atoms with Crippen LogP contribution >= 0.6 is 0 Å². The molecule has 6 nitrogen and oxygen atoms in total. The molecule has 0 aliphatic heterocycles. The summed E-state index contributed by atoms with van der Waals surface area (Å²) in [5.74, 6) is 0.283. The number of hydrogen-bond acceptors (Lipinski definition) is 4. The number of benzene rings is 1. The number of aryl methyl sites for hydroxylation is 1. The van der Waals surface area contributed by atoms with Crippen molar-refractivity contribution in [3.8, 4) is 28.7 Å². The highest BCUT2D eigenvalue weighted by molar-refractivity contribution is 5.68. The van der Waals surface area contributed by atoms with Gasteiger partial charge >= 0.3 is 0 Å². The smallest absolute Gasteiger partial charge is 0.263 e. The lowest BCUT2D eigenvalue weighted by atomic mass is 10.1. The van der Waals surface area contributed by atoms with Crippen LogP contribution in [0.15, 0.2) is 41.5 Å². The Kier molecular flexibility index (Phi) is 2.83. The molecule has 0 unspecified atom stereocenters. The summed E-state index contributed by atoms with van der Waals surface area (Å²) in [5, 5.41) is 10.0. The number of H-pyrrole nitrogens is 2. The van der Waals surface area contributed by atoms with Gasteiger partial charge in [0.25, 0.3) is 5.56 Å². The van der Waals surface area contributed by atoms with E-state index in [1.807, 2.05) is 19.1 Å². The minimum atomic E-state index is -0.409. The molecule has 3 rings (SSSR count). The fourth-order valence-electron chi connectivity index (χ4n) is 1.95. The monoisotopic (exact) mass is 268 g/mol. The molecule has 100 valence electrons. The Morgan fingerprint density at radius 2 is 1.90 bits per heavy atom. The van der Waals surface area contributed by atoms with E-state index in [2.05, 4.69) is 19.9 Å². The van der Waals surface area contributed by atoms with E-state index in [9.17, 15) is 9.90 Å². The lowest BCUT2D eigenvalue weighted by molar-refractivity contribution is 0.454. The highest BCUT2D eigenvalue weighted by Gasteiger charge is 2.14. The van der Waals surface area contributed by atoms with E-state index >= 15 is 0 Å². The van der Waals surface area contributed by atoms with Crippen molar-refractivity contribution in [3.05, 3.63) is 52.6 Å². The molecule has 1 aromatic carbocycles. The summed E-state index contributed by atoms with van der Waals surface area (Å²) in [6.07, 6.45) is 3.15. The predicted octanol–water partition coefficient (Wildman–Crippen LogP) is 1.84. The molecule has 0 saturated carbocycles. The van der Waals surface area contributed by atoms with E-state index in [-0.39, 0.29) is 17.3 Å². The molecule has 0 atom stereocenters. The number of aromatic hydroxyl groups is 1. The third-order valence-electron chi connectivity index (χ3n) is 2.96. The number of aromatic nitrogens is 4. The van der Waals surface area contributed by atoms with Gasteiger partial charge in [-0.3, -0.25) is 4.79 Å². The first kappa shape index (κ1) is 12.2. The summed E-state index contributed by atoms with van der Waals surface area (Å²) >= 11 is 0. The number of imidazole rings is 1. The summed E-state index contributed by atoms with van der Waals surface area (Å²) in [7, 11) is 0. The van der Waals surface area contributed by atoms with Gasteiger partial charge in [0.05, 0.1) is 0 Å². The van der Waals surface area contributed by atoms with E-state index in [1.54, 1.807) is 24.5 Å². The van der Waals surface area contributed by atoms with Crippen molar-refractivity contribution in [2.24, 2.45) is 0 Å². The lowest BCUT2D eigenvalue weighted by Crippen LogP contribution is -2.12. The Morgan fingerprint density at radius 1 is 1.15 bits per heavy atom. The molecule has 0 aliphatic carbocycles. The molecule has 0 fully saturated rings. The Bertz CT molecular complexity index is 789. The first-order valence-corrected chi connectivity index (χ1v) is 6.05. The summed E-state index contributed by atoms with van der Waals surface area (Å²) in [4.78, 5) is 25.5. The van der Waals surface area contributed by atoms with Gasteiger partial charge in [0.2, 0.25) is 5.88 Å². The van der Waals surface area contributed by atoms with E-state index in [0.29, 0.717) is 11.4 Å². The zero-order valence-corrected chi connectivity index (χ0v) is 10.7. The maximum Gasteiger partial charge on any atom is 0.263 e. The van der Waals surface area contributed by atoms with Gasteiger partial charge in [-0.15, -0.1) is 0 Å². The van der Waals surface area contributed by atoms with E-state index < -0.39 is 5.56 Å². The van der Waals surface area contributed by atoms with Crippen LogP contribution in [-0.2, 0) is 0 Å². The Morgan fingerprint density at radius 3 is 2.50 bits per heavy atom. The van der Waals surface area contributed by atoms with Gasteiger partial charge in [0, 0.05) is 12.4 Å². The average Bonchev–Trinajstić information content (AvgIpc) is 2.94. The number of hydrogen-bond donors (Lipinski definition) is 3. The van der Waals surface area contributed by atoms with Crippen molar-refractivity contribution in [2.45, 2.75) is 6.92 Å². The van der Waals surface area contributed by atoms with E-state index in [4.69, 9.17) is 0 Å². The van der Waals surface area contributed by atoms with Crippen molar-refractivity contribution in [1.82, 2.24) is 19.9 Å². The largest absolute Gasteiger partial charge is 0.493 e. The van der Waals surface area contributed by atoms with Gasteiger partial charge in [0.15, 0.2) is 11.6 Å². The zero-order chi connectivity index (χ0) is 14.1. The third kappa shape index (κ3) is 2.07. The van der Waals surface area contributed by atoms with Gasteiger partial charge in [-0.2, -0.15) is 4.98 Å². The quantitative estimate of drug-likeness (QED) is 0.661. The Balaban J connectivity index is 2.14. The molecule has 2 aromatic heterocycles. The fraction of sp³-hybridized carbons (Fsp3) is 0.0714. The molecule has 6 heteroatoms. The Labute approximate surface area is 114 Å². The normalized spacial score (nSPS) is 10.7. The highest BCUT2D eigenvalue weighted by atomic mass is 16.3. The van der Waals surface area contributed by atoms with E-state index in [0.717, 1.165) is 5.56 Å². The summed E-state index contributed by atoms with van der Waals surface area (Å²) in [6, 6.07) is 7.28. The van der Waals surface area contributed by atoms with Crippen LogP contribution in [0.5, 0.6) is 5.88 Å². The summed E-state index contributed by atoms with van der Waals surface area (Å²) < 4.78 is 0. The van der Waals surface area contributed by atoms with Gasteiger partial charge in [-0.1, -0.05) is 29.8 Å². The molecule has 0 spiro atoms. The van der Waals surface area contributed by atoms with E-state index in [1.165, 1.54) is 0 Å². The maximum atomic E-state index is 12.1. The zero-order valence-electron chi connectivity index (χ0n) is 10.7. The van der Waals surface area contributed by atoms with Gasteiger partial charge in [-0.25, -0.2) is 4.98 Å². The average molecular weight is 268 g/mol. The second-order valence-electron chi connectivity index (χ2n) is 4.42. The summed E-state index contributed by atoms with van der Waals surface area (Å²) in [5.41, 5.74) is 1.44. The highest BCUT2D eigenvalue weighted by Crippen LogP contribution is 2.24. The van der Waals surface area contributed by atoms with Gasteiger partial charge in [0.1, 0.15) is 5.56 Å². The predicted molar refractivity (Wildman–Crippen MR) is 74.3 cm³/mol. The second-order valence-corrected chi connectivity index (χ2v) is 4.42. The third-order valence-corrected chi connectivity index (χ3v) is 2.96. The van der Waals surface area contributed by atoms with Gasteiger partial charge in [-0.05, 0) is 12.5 Å². The first-order chi connectivity index (χ1) is 9.65. The SMILES string of the molecule is Cc1ccc(-c2c(O)nc(-c3ncc[nH]3)[nH]c2=O)cc1. The molecular weight excluding hydrogens is 256 g/mol.